The van der Waals surface area contributed by atoms with Crippen molar-refractivity contribution in [1.29, 1.82) is 0 Å². The van der Waals surface area contributed by atoms with Crippen LogP contribution in [0.4, 0.5) is 0 Å². The minimum atomic E-state index is 0.300. The molecule has 15 heavy (non-hydrogen) atoms. The van der Waals surface area contributed by atoms with Crippen molar-refractivity contribution < 1.29 is 4.79 Å². The lowest BCUT2D eigenvalue weighted by Crippen LogP contribution is -2.34. The van der Waals surface area contributed by atoms with E-state index < -0.39 is 0 Å². The van der Waals surface area contributed by atoms with E-state index >= 15 is 0 Å². The van der Waals surface area contributed by atoms with Gasteiger partial charge in [-0.05, 0) is 42.4 Å². The second-order valence-corrected chi connectivity index (χ2v) is 6.71. The first-order valence-corrected chi connectivity index (χ1v) is 6.59. The fraction of sp³-hybridized carbons (Fsp3) is 0.929. The summed E-state index contributed by atoms with van der Waals surface area (Å²) in [6.45, 7) is 4.72. The zero-order valence-corrected chi connectivity index (χ0v) is 10.0. The molecule has 0 heterocycles. The van der Waals surface area contributed by atoms with Gasteiger partial charge < -0.3 is 0 Å². The smallest absolute Gasteiger partial charge is 0.136 e. The minimum absolute atomic E-state index is 0.300. The van der Waals surface area contributed by atoms with Crippen molar-refractivity contribution in [2.24, 2.45) is 22.7 Å². The Hall–Kier alpha value is -0.330. The lowest BCUT2D eigenvalue weighted by molar-refractivity contribution is -0.127. The molecule has 0 radical (unpaired) electrons. The predicted octanol–water partition coefficient (Wildman–Crippen LogP) is 3.57. The van der Waals surface area contributed by atoms with Crippen LogP contribution in [0, 0.1) is 22.7 Å². The molecule has 3 aliphatic rings. The summed E-state index contributed by atoms with van der Waals surface area (Å²) in [7, 11) is 0. The molecule has 3 rings (SSSR count). The maximum absolute atomic E-state index is 12.0. The molecule has 3 atom stereocenters. The molecule has 0 aliphatic heterocycles. The molecule has 0 aromatic heterocycles. The van der Waals surface area contributed by atoms with Crippen LogP contribution < -0.4 is 0 Å². The van der Waals surface area contributed by atoms with Crippen molar-refractivity contribution >= 4 is 5.78 Å². The zero-order chi connectivity index (χ0) is 10.7. The molecule has 2 bridgehead atoms. The topological polar surface area (TPSA) is 17.1 Å². The van der Waals surface area contributed by atoms with E-state index in [0.29, 0.717) is 22.5 Å². The minimum Gasteiger partial charge on any atom is -0.299 e. The second kappa shape index (κ2) is 2.87. The van der Waals surface area contributed by atoms with Crippen molar-refractivity contribution in [1.82, 2.24) is 0 Å². The number of fused-ring (bicyclic) bond motifs is 1. The van der Waals surface area contributed by atoms with E-state index in [4.69, 9.17) is 0 Å². The predicted molar refractivity (Wildman–Crippen MR) is 60.5 cm³/mol. The summed E-state index contributed by atoms with van der Waals surface area (Å²) in [5.41, 5.74) is 0.883. The van der Waals surface area contributed by atoms with Crippen molar-refractivity contribution in [2.75, 3.05) is 0 Å². The molecule has 0 N–H and O–H groups in total. The Labute approximate surface area is 92.6 Å². The maximum Gasteiger partial charge on any atom is 0.136 e. The highest BCUT2D eigenvalue weighted by Gasteiger charge is 2.61. The van der Waals surface area contributed by atoms with Gasteiger partial charge in [-0.25, -0.2) is 0 Å². The second-order valence-electron chi connectivity index (χ2n) is 6.71. The van der Waals surface area contributed by atoms with Crippen molar-refractivity contribution in [3.8, 4) is 0 Å². The van der Waals surface area contributed by atoms with Gasteiger partial charge in [-0.2, -0.15) is 0 Å². The van der Waals surface area contributed by atoms with Gasteiger partial charge in [0.15, 0.2) is 0 Å². The Kier molecular flexibility index (Phi) is 1.88. The zero-order valence-electron chi connectivity index (χ0n) is 10.0. The van der Waals surface area contributed by atoms with Crippen LogP contribution in [-0.2, 0) is 4.79 Å². The largest absolute Gasteiger partial charge is 0.299 e. The monoisotopic (exact) mass is 206 g/mol. The maximum atomic E-state index is 12.0. The number of Topliss-reactive ketones (excluding diaryl/α,β-unsaturated/α-hetero) is 1. The first kappa shape index (κ1) is 9.86. The number of hydrogen-bond acceptors (Lipinski definition) is 1. The number of hydrogen-bond donors (Lipinski definition) is 0. The van der Waals surface area contributed by atoms with E-state index in [0.717, 1.165) is 12.3 Å². The highest BCUT2D eigenvalue weighted by atomic mass is 16.1. The van der Waals surface area contributed by atoms with Crippen LogP contribution in [-0.4, -0.2) is 5.78 Å². The molecule has 3 saturated carbocycles. The number of ketones is 1. The van der Waals surface area contributed by atoms with Crippen molar-refractivity contribution in [3.05, 3.63) is 0 Å². The Bertz CT molecular complexity index is 304. The Morgan fingerprint density at radius 1 is 1.20 bits per heavy atom. The number of carbonyl (C=O) groups excluding carboxylic acids is 1. The van der Waals surface area contributed by atoms with Crippen LogP contribution in [0.2, 0.25) is 0 Å². The molecule has 0 unspecified atom stereocenters. The molecule has 3 aliphatic carbocycles. The molecule has 1 nitrogen and oxygen atoms in total. The molecule has 1 spiro atoms. The van der Waals surface area contributed by atoms with Crippen LogP contribution in [0.15, 0.2) is 0 Å². The highest BCUT2D eigenvalue weighted by molar-refractivity contribution is 5.83. The standard InChI is InChI=1S/C14H22O/c1-13(2)10-9-14(8-6-11(10)15)7-4-3-5-12(13)14/h10,12H,3-9H2,1-2H3/t10-,12+,14-/m0/s1. The van der Waals surface area contributed by atoms with Crippen LogP contribution in [0.5, 0.6) is 0 Å². The SMILES string of the molecule is CC1(C)[C@H]2CCCC[C@@]23CCC(=O)[C@@H]1C3. The van der Waals surface area contributed by atoms with Gasteiger partial charge in [0.05, 0.1) is 0 Å². The third-order valence-corrected chi connectivity index (χ3v) is 5.82. The van der Waals surface area contributed by atoms with Crippen molar-refractivity contribution in [3.63, 3.8) is 0 Å². The summed E-state index contributed by atoms with van der Waals surface area (Å²) in [5, 5.41) is 0. The lowest BCUT2D eigenvalue weighted by atomic mass is 9.61. The van der Waals surface area contributed by atoms with Gasteiger partial charge in [-0.1, -0.05) is 26.7 Å². The molecule has 3 fully saturated rings. The van der Waals surface area contributed by atoms with Crippen LogP contribution >= 0.6 is 0 Å². The van der Waals surface area contributed by atoms with Crippen LogP contribution in [0.3, 0.4) is 0 Å². The first-order valence-electron chi connectivity index (χ1n) is 6.59. The summed E-state index contributed by atoms with van der Waals surface area (Å²) >= 11 is 0. The Morgan fingerprint density at radius 3 is 2.80 bits per heavy atom. The van der Waals surface area contributed by atoms with Crippen LogP contribution in [0.1, 0.15) is 58.8 Å². The van der Waals surface area contributed by atoms with Gasteiger partial charge in [0, 0.05) is 12.3 Å². The van der Waals surface area contributed by atoms with Crippen molar-refractivity contribution in [2.45, 2.75) is 58.8 Å². The molecule has 0 aromatic carbocycles. The van der Waals surface area contributed by atoms with Gasteiger partial charge >= 0.3 is 0 Å². The molecule has 0 amide bonds. The van der Waals surface area contributed by atoms with E-state index in [1.807, 2.05) is 0 Å². The van der Waals surface area contributed by atoms with E-state index in [1.165, 1.54) is 38.5 Å². The van der Waals surface area contributed by atoms with E-state index in [2.05, 4.69) is 13.8 Å². The normalized spacial score (nSPS) is 47.7. The van der Waals surface area contributed by atoms with Crippen LogP contribution in [0.25, 0.3) is 0 Å². The molecule has 0 aromatic rings. The first-order chi connectivity index (χ1) is 7.06. The van der Waals surface area contributed by atoms with Gasteiger partial charge in [-0.15, -0.1) is 0 Å². The van der Waals surface area contributed by atoms with E-state index in [9.17, 15) is 4.79 Å². The van der Waals surface area contributed by atoms with E-state index in [1.54, 1.807) is 0 Å². The Balaban J connectivity index is 2.03. The molecular weight excluding hydrogens is 184 g/mol. The quantitative estimate of drug-likeness (QED) is 0.592. The third kappa shape index (κ3) is 1.13. The van der Waals surface area contributed by atoms with E-state index in [-0.39, 0.29) is 0 Å². The third-order valence-electron chi connectivity index (χ3n) is 5.82. The fourth-order valence-corrected chi connectivity index (χ4v) is 5.10. The van der Waals surface area contributed by atoms with Gasteiger partial charge in [-0.3, -0.25) is 4.79 Å². The van der Waals surface area contributed by atoms with Gasteiger partial charge in [0.2, 0.25) is 0 Å². The van der Waals surface area contributed by atoms with Gasteiger partial charge in [0.25, 0.3) is 0 Å². The average molecular weight is 206 g/mol. The average Bonchev–Trinajstić information content (AvgIpc) is 2.41. The summed E-state index contributed by atoms with van der Waals surface area (Å²) in [5.74, 6) is 1.81. The summed E-state index contributed by atoms with van der Waals surface area (Å²) in [6.07, 6.45) is 8.91. The summed E-state index contributed by atoms with van der Waals surface area (Å²) < 4.78 is 0. The summed E-state index contributed by atoms with van der Waals surface area (Å²) in [6, 6.07) is 0. The highest BCUT2D eigenvalue weighted by Crippen LogP contribution is 2.67. The number of carbonyl (C=O) groups is 1. The molecular formula is C14H22O. The van der Waals surface area contributed by atoms with Gasteiger partial charge in [0.1, 0.15) is 5.78 Å². The number of rotatable bonds is 0. The molecule has 84 valence electrons. The lowest BCUT2D eigenvalue weighted by Gasteiger charge is -2.43. The molecule has 0 saturated heterocycles. The Morgan fingerprint density at radius 2 is 2.00 bits per heavy atom. The summed E-state index contributed by atoms with van der Waals surface area (Å²) in [4.78, 5) is 12.0. The fourth-order valence-electron chi connectivity index (χ4n) is 5.10. The molecule has 1 heteroatoms.